The van der Waals surface area contributed by atoms with Crippen molar-refractivity contribution < 1.29 is 29.0 Å². The largest absolute Gasteiger partial charge is 0.481 e. The van der Waals surface area contributed by atoms with Crippen molar-refractivity contribution in [2.24, 2.45) is 11.3 Å². The number of rotatable bonds is 7. The number of carbonyl (C=O) groups is 3. The lowest BCUT2D eigenvalue weighted by Gasteiger charge is -2.29. The van der Waals surface area contributed by atoms with E-state index in [4.69, 9.17) is 9.47 Å². The van der Waals surface area contributed by atoms with Crippen molar-refractivity contribution in [2.45, 2.75) is 26.2 Å². The van der Waals surface area contributed by atoms with E-state index in [9.17, 15) is 19.5 Å². The van der Waals surface area contributed by atoms with Gasteiger partial charge < -0.3 is 24.8 Å². The summed E-state index contributed by atoms with van der Waals surface area (Å²) in [6.45, 7) is 5.16. The molecule has 35 heavy (non-hydrogen) atoms. The first-order chi connectivity index (χ1) is 16.7. The molecule has 8 heteroatoms. The second-order valence-corrected chi connectivity index (χ2v) is 9.97. The molecule has 1 saturated heterocycles. The van der Waals surface area contributed by atoms with Crippen molar-refractivity contribution in [1.29, 1.82) is 0 Å². The molecule has 2 aromatic rings. The number of carboxylic acids is 1. The summed E-state index contributed by atoms with van der Waals surface area (Å²) in [7, 11) is 0. The van der Waals surface area contributed by atoms with Gasteiger partial charge in [0.1, 0.15) is 6.61 Å². The van der Waals surface area contributed by atoms with Crippen LogP contribution in [0.25, 0.3) is 11.1 Å². The highest BCUT2D eigenvalue weighted by molar-refractivity contribution is 5.80. The minimum atomic E-state index is -0.971. The molecule has 0 bridgehead atoms. The topological polar surface area (TPSA) is 105 Å². The number of carboxylic acid groups (broad SMARTS) is 1. The Morgan fingerprint density at radius 2 is 1.71 bits per heavy atom. The summed E-state index contributed by atoms with van der Waals surface area (Å²) in [4.78, 5) is 38.3. The summed E-state index contributed by atoms with van der Waals surface area (Å²) in [5.74, 6) is -1.87. The Balaban J connectivity index is 1.29. The van der Waals surface area contributed by atoms with Gasteiger partial charge >= 0.3 is 12.1 Å². The van der Waals surface area contributed by atoms with Crippen LogP contribution in [0.4, 0.5) is 4.79 Å². The number of carbonyl (C=O) groups excluding carboxylic acids is 2. The van der Waals surface area contributed by atoms with Gasteiger partial charge in [-0.25, -0.2) is 4.79 Å². The van der Waals surface area contributed by atoms with Gasteiger partial charge in [-0.05, 0) is 27.7 Å². The van der Waals surface area contributed by atoms with E-state index in [1.807, 2.05) is 38.1 Å². The van der Waals surface area contributed by atoms with Gasteiger partial charge in [0, 0.05) is 32.0 Å². The zero-order valence-electron chi connectivity index (χ0n) is 20.2. The average molecular weight is 481 g/mol. The maximum atomic E-state index is 12.8. The molecule has 1 aliphatic heterocycles. The Bertz CT molecular complexity index is 1050. The summed E-state index contributed by atoms with van der Waals surface area (Å²) in [6, 6.07) is 16.3. The molecule has 0 saturated carbocycles. The van der Waals surface area contributed by atoms with Crippen LogP contribution in [0.2, 0.25) is 0 Å². The van der Waals surface area contributed by atoms with Crippen molar-refractivity contribution >= 4 is 18.0 Å². The Kier molecular flexibility index (Phi) is 7.40. The molecule has 1 unspecified atom stereocenters. The third-order valence-electron chi connectivity index (χ3n) is 6.65. The van der Waals surface area contributed by atoms with Crippen molar-refractivity contribution in [3.63, 3.8) is 0 Å². The van der Waals surface area contributed by atoms with Gasteiger partial charge in [-0.15, -0.1) is 0 Å². The minimum Gasteiger partial charge on any atom is -0.481 e. The standard InChI is InChI=1S/C27H32N2O6/c1-27(2,13-24(30)29-11-12-34-15-18(14-29)25(31)32)17-28-26(33)35-16-23-21-9-5-3-7-19(21)20-8-4-6-10-22(20)23/h3-10,18,23H,11-17H2,1-2H3,(H,28,33)(H,31,32). The highest BCUT2D eigenvalue weighted by Gasteiger charge is 2.32. The molecule has 1 fully saturated rings. The second kappa shape index (κ2) is 10.5. The summed E-state index contributed by atoms with van der Waals surface area (Å²) in [6.07, 6.45) is -0.357. The number of benzene rings is 2. The van der Waals surface area contributed by atoms with Gasteiger partial charge in [0.25, 0.3) is 0 Å². The summed E-state index contributed by atoms with van der Waals surface area (Å²) in [5.41, 5.74) is 4.10. The molecule has 1 atom stereocenters. The number of alkyl carbamates (subject to hydrolysis) is 1. The number of fused-ring (bicyclic) bond motifs is 3. The zero-order valence-corrected chi connectivity index (χ0v) is 20.2. The normalized spacial score (nSPS) is 17.8. The average Bonchev–Trinajstić information content (AvgIpc) is 2.97. The van der Waals surface area contributed by atoms with E-state index in [0.717, 1.165) is 11.1 Å². The van der Waals surface area contributed by atoms with Gasteiger partial charge in [0.15, 0.2) is 0 Å². The highest BCUT2D eigenvalue weighted by atomic mass is 16.5. The van der Waals surface area contributed by atoms with E-state index in [1.54, 1.807) is 4.90 Å². The number of nitrogens with zero attached hydrogens (tertiary/aromatic N) is 1. The number of aliphatic carboxylic acids is 1. The van der Waals surface area contributed by atoms with Crippen molar-refractivity contribution in [1.82, 2.24) is 10.2 Å². The maximum Gasteiger partial charge on any atom is 0.407 e. The van der Waals surface area contributed by atoms with Crippen LogP contribution in [0.15, 0.2) is 48.5 Å². The quantitative estimate of drug-likeness (QED) is 0.629. The fourth-order valence-electron chi connectivity index (χ4n) is 4.73. The van der Waals surface area contributed by atoms with Gasteiger partial charge in [-0.2, -0.15) is 0 Å². The Hall–Kier alpha value is -3.39. The van der Waals surface area contributed by atoms with E-state index < -0.39 is 23.4 Å². The number of nitrogens with one attached hydrogen (secondary N) is 1. The third-order valence-corrected chi connectivity index (χ3v) is 6.65. The number of amides is 2. The zero-order chi connectivity index (χ0) is 25.0. The Labute approximate surface area is 205 Å². The van der Waals surface area contributed by atoms with Crippen LogP contribution in [-0.2, 0) is 19.1 Å². The fourth-order valence-corrected chi connectivity index (χ4v) is 4.73. The SMILES string of the molecule is CC(C)(CNC(=O)OCC1c2ccccc2-c2ccccc21)CC(=O)N1CCOCC(C(=O)O)C1. The number of hydrogen-bond donors (Lipinski definition) is 2. The molecular weight excluding hydrogens is 448 g/mol. The number of hydrogen-bond acceptors (Lipinski definition) is 5. The first-order valence-corrected chi connectivity index (χ1v) is 11.9. The Morgan fingerprint density at radius 3 is 2.34 bits per heavy atom. The van der Waals surface area contributed by atoms with E-state index in [2.05, 4.69) is 29.6 Å². The highest BCUT2D eigenvalue weighted by Crippen LogP contribution is 2.44. The molecule has 2 aliphatic rings. The molecular formula is C27H32N2O6. The number of ether oxygens (including phenoxy) is 2. The second-order valence-electron chi connectivity index (χ2n) is 9.97. The van der Waals surface area contributed by atoms with Crippen molar-refractivity contribution in [2.75, 3.05) is 39.5 Å². The van der Waals surface area contributed by atoms with Crippen LogP contribution in [-0.4, -0.2) is 67.4 Å². The summed E-state index contributed by atoms with van der Waals surface area (Å²) in [5, 5.41) is 12.1. The van der Waals surface area contributed by atoms with Crippen LogP contribution in [0.1, 0.15) is 37.3 Å². The van der Waals surface area contributed by atoms with Crippen LogP contribution < -0.4 is 5.32 Å². The molecule has 2 aromatic carbocycles. The monoisotopic (exact) mass is 480 g/mol. The lowest BCUT2D eigenvalue weighted by molar-refractivity contribution is -0.144. The molecule has 1 heterocycles. The van der Waals surface area contributed by atoms with Gasteiger partial charge in [-0.1, -0.05) is 62.4 Å². The maximum absolute atomic E-state index is 12.8. The molecule has 0 radical (unpaired) electrons. The van der Waals surface area contributed by atoms with Gasteiger partial charge in [0.05, 0.1) is 19.1 Å². The molecule has 8 nitrogen and oxygen atoms in total. The van der Waals surface area contributed by atoms with Crippen LogP contribution in [0.5, 0.6) is 0 Å². The van der Waals surface area contributed by atoms with E-state index in [-0.39, 0.29) is 44.5 Å². The lowest BCUT2D eigenvalue weighted by atomic mass is 9.88. The predicted octanol–water partition coefficient (Wildman–Crippen LogP) is 3.50. The van der Waals surface area contributed by atoms with Crippen molar-refractivity contribution in [3.8, 4) is 11.1 Å². The first kappa shape index (κ1) is 24.7. The van der Waals surface area contributed by atoms with Crippen LogP contribution in [0, 0.1) is 11.3 Å². The predicted molar refractivity (Wildman–Crippen MR) is 130 cm³/mol. The van der Waals surface area contributed by atoms with Crippen molar-refractivity contribution in [3.05, 3.63) is 59.7 Å². The molecule has 2 amide bonds. The molecule has 2 N–H and O–H groups in total. The van der Waals surface area contributed by atoms with E-state index >= 15 is 0 Å². The molecule has 0 spiro atoms. The molecule has 1 aliphatic carbocycles. The summed E-state index contributed by atoms with van der Waals surface area (Å²) >= 11 is 0. The molecule has 186 valence electrons. The smallest absolute Gasteiger partial charge is 0.407 e. The first-order valence-electron chi connectivity index (χ1n) is 11.9. The molecule has 0 aromatic heterocycles. The fraction of sp³-hybridized carbons (Fsp3) is 0.444. The van der Waals surface area contributed by atoms with Crippen LogP contribution >= 0.6 is 0 Å². The van der Waals surface area contributed by atoms with Gasteiger partial charge in [-0.3, -0.25) is 9.59 Å². The van der Waals surface area contributed by atoms with E-state index in [1.165, 1.54) is 11.1 Å². The minimum absolute atomic E-state index is 0.0184. The Morgan fingerprint density at radius 1 is 1.09 bits per heavy atom. The van der Waals surface area contributed by atoms with Gasteiger partial charge in [0.2, 0.25) is 5.91 Å². The lowest BCUT2D eigenvalue weighted by Crippen LogP contribution is -2.42. The van der Waals surface area contributed by atoms with E-state index in [0.29, 0.717) is 13.2 Å². The summed E-state index contributed by atoms with van der Waals surface area (Å²) < 4.78 is 10.9. The third kappa shape index (κ3) is 5.82. The molecule has 4 rings (SSSR count). The van der Waals surface area contributed by atoms with Crippen LogP contribution in [0.3, 0.4) is 0 Å².